The fourth-order valence-corrected chi connectivity index (χ4v) is 1.58. The number of aromatic hydroxyl groups is 1. The van der Waals surface area contributed by atoms with Crippen molar-refractivity contribution >= 4 is 6.29 Å². The second-order valence-corrected chi connectivity index (χ2v) is 3.37. The number of hydrogen-bond acceptors (Lipinski definition) is 4. The van der Waals surface area contributed by atoms with Crippen molar-refractivity contribution in [2.24, 2.45) is 0 Å². The highest BCUT2D eigenvalue weighted by molar-refractivity contribution is 5.77. The molecule has 0 atom stereocenters. The smallest absolute Gasteiger partial charge is 0.238 e. The van der Waals surface area contributed by atoms with Gasteiger partial charge in [0.2, 0.25) is 5.88 Å². The first kappa shape index (κ1) is 11.2. The van der Waals surface area contributed by atoms with E-state index in [9.17, 15) is 9.90 Å². The second kappa shape index (κ2) is 4.69. The first-order valence-electron chi connectivity index (χ1n) is 5.22. The van der Waals surface area contributed by atoms with Crippen molar-refractivity contribution in [3.63, 3.8) is 0 Å². The summed E-state index contributed by atoms with van der Waals surface area (Å²) in [6, 6.07) is 7.23. The molecular formula is C12H12N2O3. The molecule has 1 aromatic heterocycles. The molecule has 2 N–H and O–H groups in total. The van der Waals surface area contributed by atoms with Crippen molar-refractivity contribution in [2.45, 2.75) is 6.92 Å². The lowest BCUT2D eigenvalue weighted by Crippen LogP contribution is -1.94. The molecule has 0 saturated heterocycles. The quantitative estimate of drug-likeness (QED) is 0.790. The number of carbonyl (C=O) groups excluding carboxylic acids is 1. The van der Waals surface area contributed by atoms with E-state index in [4.69, 9.17) is 4.74 Å². The fourth-order valence-electron chi connectivity index (χ4n) is 1.58. The number of benzene rings is 1. The van der Waals surface area contributed by atoms with Crippen LogP contribution in [-0.2, 0) is 0 Å². The molecule has 1 heterocycles. The molecule has 5 heteroatoms. The van der Waals surface area contributed by atoms with Crippen molar-refractivity contribution < 1.29 is 14.6 Å². The van der Waals surface area contributed by atoms with Gasteiger partial charge in [0.1, 0.15) is 11.4 Å². The minimum absolute atomic E-state index is 0.0869. The molecule has 0 amide bonds. The SMILES string of the molecule is CCOc1ccccc1-c1[nH]c(C=O)nc1O. The standard InChI is InChI=1S/C12H12N2O3/c1-2-17-9-6-4-3-5-8(9)11-12(16)14-10(7-15)13-11/h3-7,16H,2H2,1H3,(H,13,14). The highest BCUT2D eigenvalue weighted by atomic mass is 16.5. The van der Waals surface area contributed by atoms with Crippen LogP contribution in [0.15, 0.2) is 24.3 Å². The molecule has 2 aromatic rings. The van der Waals surface area contributed by atoms with E-state index >= 15 is 0 Å². The zero-order valence-electron chi connectivity index (χ0n) is 9.30. The monoisotopic (exact) mass is 232 g/mol. The number of rotatable bonds is 4. The zero-order valence-corrected chi connectivity index (χ0v) is 9.30. The number of nitrogens with one attached hydrogen (secondary N) is 1. The summed E-state index contributed by atoms with van der Waals surface area (Å²) in [7, 11) is 0. The molecule has 0 fully saturated rings. The topological polar surface area (TPSA) is 75.2 Å². The van der Waals surface area contributed by atoms with Gasteiger partial charge in [-0.05, 0) is 19.1 Å². The lowest BCUT2D eigenvalue weighted by molar-refractivity contribution is 0.111. The van der Waals surface area contributed by atoms with E-state index in [2.05, 4.69) is 9.97 Å². The molecule has 88 valence electrons. The van der Waals surface area contributed by atoms with E-state index in [1.165, 1.54) is 0 Å². The van der Waals surface area contributed by atoms with Gasteiger partial charge < -0.3 is 14.8 Å². The van der Waals surface area contributed by atoms with Crippen LogP contribution < -0.4 is 4.74 Å². The van der Waals surface area contributed by atoms with Gasteiger partial charge in [-0.25, -0.2) is 0 Å². The first-order valence-corrected chi connectivity index (χ1v) is 5.22. The van der Waals surface area contributed by atoms with Gasteiger partial charge in [0.25, 0.3) is 0 Å². The van der Waals surface area contributed by atoms with Crippen LogP contribution in [0.5, 0.6) is 11.6 Å². The van der Waals surface area contributed by atoms with Gasteiger partial charge in [-0.2, -0.15) is 4.98 Å². The molecule has 0 spiro atoms. The van der Waals surface area contributed by atoms with Gasteiger partial charge in [-0.3, -0.25) is 4.79 Å². The Hall–Kier alpha value is -2.30. The maximum Gasteiger partial charge on any atom is 0.238 e. The number of aldehydes is 1. The number of imidazole rings is 1. The fraction of sp³-hybridized carbons (Fsp3) is 0.167. The number of ether oxygens (including phenoxy) is 1. The lowest BCUT2D eigenvalue weighted by Gasteiger charge is -2.08. The normalized spacial score (nSPS) is 10.2. The summed E-state index contributed by atoms with van der Waals surface area (Å²) in [6.07, 6.45) is 0.548. The summed E-state index contributed by atoms with van der Waals surface area (Å²) in [5.41, 5.74) is 1.06. The molecular weight excluding hydrogens is 220 g/mol. The van der Waals surface area contributed by atoms with Gasteiger partial charge >= 0.3 is 0 Å². The van der Waals surface area contributed by atoms with E-state index in [1.807, 2.05) is 19.1 Å². The van der Waals surface area contributed by atoms with Crippen LogP contribution in [0.2, 0.25) is 0 Å². The molecule has 17 heavy (non-hydrogen) atoms. The third kappa shape index (κ3) is 2.13. The number of aromatic amines is 1. The van der Waals surface area contributed by atoms with Crippen LogP contribution in [0.1, 0.15) is 17.5 Å². The predicted molar refractivity (Wildman–Crippen MR) is 62.2 cm³/mol. The van der Waals surface area contributed by atoms with Gasteiger partial charge in [0.15, 0.2) is 12.1 Å². The Labute approximate surface area is 98.1 Å². The first-order chi connectivity index (χ1) is 8.26. The van der Waals surface area contributed by atoms with Crippen molar-refractivity contribution in [3.05, 3.63) is 30.1 Å². The van der Waals surface area contributed by atoms with E-state index in [0.29, 0.717) is 29.9 Å². The summed E-state index contributed by atoms with van der Waals surface area (Å²) in [5, 5.41) is 9.65. The van der Waals surface area contributed by atoms with Crippen LogP contribution >= 0.6 is 0 Å². The summed E-state index contributed by atoms with van der Waals surface area (Å²) in [6.45, 7) is 2.40. The Morgan fingerprint density at radius 1 is 1.47 bits per heavy atom. The zero-order chi connectivity index (χ0) is 12.3. The molecule has 5 nitrogen and oxygen atoms in total. The number of H-pyrrole nitrogens is 1. The summed E-state index contributed by atoms with van der Waals surface area (Å²) in [4.78, 5) is 17.0. The van der Waals surface area contributed by atoms with Crippen LogP contribution in [0.3, 0.4) is 0 Å². The summed E-state index contributed by atoms with van der Waals surface area (Å²) >= 11 is 0. The average Bonchev–Trinajstić information content (AvgIpc) is 2.72. The maximum absolute atomic E-state index is 10.6. The van der Waals surface area contributed by atoms with Crippen LogP contribution in [-0.4, -0.2) is 28.0 Å². The molecule has 1 aromatic carbocycles. The van der Waals surface area contributed by atoms with E-state index < -0.39 is 0 Å². The van der Waals surface area contributed by atoms with Gasteiger partial charge in [-0.15, -0.1) is 0 Å². The number of hydrogen-bond donors (Lipinski definition) is 2. The molecule has 0 radical (unpaired) electrons. The van der Waals surface area contributed by atoms with Gasteiger partial charge in [0, 0.05) is 5.56 Å². The summed E-state index contributed by atoms with van der Waals surface area (Å²) in [5.74, 6) is 0.509. The van der Waals surface area contributed by atoms with Gasteiger partial charge in [0.05, 0.1) is 6.61 Å². The van der Waals surface area contributed by atoms with E-state index in [1.54, 1.807) is 12.1 Å². The van der Waals surface area contributed by atoms with Crippen LogP contribution in [0.4, 0.5) is 0 Å². The van der Waals surface area contributed by atoms with Crippen molar-refractivity contribution in [1.29, 1.82) is 0 Å². The number of nitrogens with zero attached hydrogens (tertiary/aromatic N) is 1. The number of para-hydroxylation sites is 1. The van der Waals surface area contributed by atoms with Crippen LogP contribution in [0.25, 0.3) is 11.3 Å². The molecule has 0 bridgehead atoms. The largest absolute Gasteiger partial charge is 0.493 e. The molecule has 0 saturated carbocycles. The Balaban J connectivity index is 2.51. The Kier molecular flexibility index (Phi) is 3.09. The average molecular weight is 232 g/mol. The molecule has 0 aliphatic heterocycles. The Bertz CT molecular complexity index is 534. The number of aromatic nitrogens is 2. The number of carbonyl (C=O) groups is 1. The highest BCUT2D eigenvalue weighted by Gasteiger charge is 2.14. The Morgan fingerprint density at radius 3 is 2.88 bits per heavy atom. The Morgan fingerprint density at radius 2 is 2.24 bits per heavy atom. The maximum atomic E-state index is 10.6. The summed E-state index contributed by atoms with van der Waals surface area (Å²) < 4.78 is 5.44. The third-order valence-corrected chi connectivity index (χ3v) is 2.27. The van der Waals surface area contributed by atoms with Crippen molar-refractivity contribution in [1.82, 2.24) is 9.97 Å². The van der Waals surface area contributed by atoms with Crippen molar-refractivity contribution in [3.8, 4) is 22.9 Å². The van der Waals surface area contributed by atoms with E-state index in [0.717, 1.165) is 0 Å². The molecule has 2 rings (SSSR count). The lowest BCUT2D eigenvalue weighted by atomic mass is 10.1. The molecule has 0 unspecified atom stereocenters. The highest BCUT2D eigenvalue weighted by Crippen LogP contribution is 2.33. The third-order valence-electron chi connectivity index (χ3n) is 2.27. The van der Waals surface area contributed by atoms with E-state index in [-0.39, 0.29) is 11.7 Å². The van der Waals surface area contributed by atoms with Gasteiger partial charge in [-0.1, -0.05) is 12.1 Å². The molecule has 0 aliphatic carbocycles. The minimum atomic E-state index is -0.209. The van der Waals surface area contributed by atoms with Crippen molar-refractivity contribution in [2.75, 3.05) is 6.61 Å². The van der Waals surface area contributed by atoms with Crippen LogP contribution in [0, 0.1) is 0 Å². The second-order valence-electron chi connectivity index (χ2n) is 3.37. The predicted octanol–water partition coefficient (Wildman–Crippen LogP) is 1.99. The minimum Gasteiger partial charge on any atom is -0.493 e. The molecule has 0 aliphatic rings.